The molecule has 0 radical (unpaired) electrons. The van der Waals surface area contributed by atoms with E-state index in [0.717, 1.165) is 15.5 Å². The van der Waals surface area contributed by atoms with Gasteiger partial charge in [-0.1, -0.05) is 11.3 Å². The monoisotopic (exact) mass is 197 g/mol. The van der Waals surface area contributed by atoms with Crippen molar-refractivity contribution >= 4 is 16.3 Å². The summed E-state index contributed by atoms with van der Waals surface area (Å²) in [6.07, 6.45) is 1.52. The molecule has 0 aliphatic carbocycles. The fourth-order valence-corrected chi connectivity index (χ4v) is 2.40. The molecule has 13 heavy (non-hydrogen) atoms. The minimum absolute atomic E-state index is 0.808. The molecule has 0 spiro atoms. The van der Waals surface area contributed by atoms with Gasteiger partial charge < -0.3 is 5.11 Å². The second-order valence-corrected chi connectivity index (χ2v) is 4.51. The molecule has 0 saturated heterocycles. The van der Waals surface area contributed by atoms with Gasteiger partial charge in [0.25, 0.3) is 0 Å². The van der Waals surface area contributed by atoms with E-state index in [1.165, 1.54) is 17.7 Å². The van der Waals surface area contributed by atoms with Gasteiger partial charge in [0.05, 0.1) is 16.2 Å². The van der Waals surface area contributed by atoms with Crippen molar-refractivity contribution in [3.05, 3.63) is 16.9 Å². The van der Waals surface area contributed by atoms with Crippen molar-refractivity contribution in [3.63, 3.8) is 0 Å². The maximum atomic E-state index is 9.83. The van der Waals surface area contributed by atoms with Gasteiger partial charge in [0.1, 0.15) is 6.33 Å². The van der Waals surface area contributed by atoms with Crippen LogP contribution in [0.1, 0.15) is 24.4 Å². The van der Waals surface area contributed by atoms with Crippen LogP contribution in [0.2, 0.25) is 0 Å². The first-order valence-corrected chi connectivity index (χ1v) is 4.84. The van der Waals surface area contributed by atoms with Gasteiger partial charge in [-0.2, -0.15) is 5.10 Å². The van der Waals surface area contributed by atoms with Crippen molar-refractivity contribution in [1.82, 2.24) is 14.6 Å². The molecule has 2 heterocycles. The molecule has 0 atom stereocenters. The average Bonchev–Trinajstić information content (AvgIpc) is 2.51. The maximum absolute atomic E-state index is 9.83. The van der Waals surface area contributed by atoms with Gasteiger partial charge in [-0.15, -0.1) is 0 Å². The summed E-state index contributed by atoms with van der Waals surface area (Å²) in [5.41, 5.74) is 0.155. The van der Waals surface area contributed by atoms with Crippen LogP contribution < -0.4 is 0 Å². The summed E-state index contributed by atoms with van der Waals surface area (Å²) in [4.78, 5) is 5.82. The summed E-state index contributed by atoms with van der Waals surface area (Å²) >= 11 is 1.48. The van der Waals surface area contributed by atoms with Crippen LogP contribution in [0.5, 0.6) is 0 Å². The zero-order chi connectivity index (χ0) is 9.64. The van der Waals surface area contributed by atoms with Gasteiger partial charge in [-0.3, -0.25) is 0 Å². The lowest BCUT2D eigenvalue weighted by molar-refractivity contribution is 0.0815. The Labute approximate surface area is 79.9 Å². The molecule has 0 bridgehead atoms. The lowest BCUT2D eigenvalue weighted by Crippen LogP contribution is -2.15. The van der Waals surface area contributed by atoms with E-state index < -0.39 is 5.60 Å². The van der Waals surface area contributed by atoms with Crippen molar-refractivity contribution in [1.29, 1.82) is 0 Å². The largest absolute Gasteiger partial charge is 0.385 e. The number of fused-ring (bicyclic) bond motifs is 1. The van der Waals surface area contributed by atoms with Crippen LogP contribution in [0, 0.1) is 6.92 Å². The molecule has 5 heteroatoms. The maximum Gasteiger partial charge on any atom is 0.212 e. The molecule has 2 rings (SSSR count). The second-order valence-electron chi connectivity index (χ2n) is 3.53. The Morgan fingerprint density at radius 1 is 1.54 bits per heavy atom. The highest BCUT2D eigenvalue weighted by molar-refractivity contribution is 7.17. The summed E-state index contributed by atoms with van der Waals surface area (Å²) in [5, 5.41) is 13.9. The standard InChI is InChI=1S/C8H11N3OS/c1-5-6(8(2,3)12)13-7-9-4-10-11(5)7/h4,12H,1-3H3. The fourth-order valence-electron chi connectivity index (χ4n) is 1.36. The van der Waals surface area contributed by atoms with E-state index in [4.69, 9.17) is 0 Å². The molecule has 0 aliphatic heterocycles. The molecule has 0 aliphatic rings. The molecular formula is C8H11N3OS. The Morgan fingerprint density at radius 2 is 2.23 bits per heavy atom. The number of aliphatic hydroxyl groups is 1. The van der Waals surface area contributed by atoms with Crippen molar-refractivity contribution in [2.75, 3.05) is 0 Å². The third-order valence-corrected chi connectivity index (χ3v) is 3.37. The van der Waals surface area contributed by atoms with Gasteiger partial charge in [0.2, 0.25) is 4.96 Å². The van der Waals surface area contributed by atoms with Crippen molar-refractivity contribution in [3.8, 4) is 0 Å². The van der Waals surface area contributed by atoms with Crippen LogP contribution in [0.4, 0.5) is 0 Å². The minimum atomic E-state index is -0.808. The molecule has 2 aromatic rings. The zero-order valence-electron chi connectivity index (χ0n) is 7.77. The number of hydrogen-bond donors (Lipinski definition) is 1. The summed E-state index contributed by atoms with van der Waals surface area (Å²) < 4.78 is 1.75. The van der Waals surface area contributed by atoms with Crippen molar-refractivity contribution in [2.45, 2.75) is 26.4 Å². The van der Waals surface area contributed by atoms with Gasteiger partial charge in [0, 0.05) is 0 Å². The smallest absolute Gasteiger partial charge is 0.212 e. The molecule has 0 saturated carbocycles. The van der Waals surface area contributed by atoms with Crippen molar-refractivity contribution in [2.24, 2.45) is 0 Å². The van der Waals surface area contributed by atoms with Crippen LogP contribution >= 0.6 is 11.3 Å². The first-order valence-electron chi connectivity index (χ1n) is 4.02. The Bertz CT molecular complexity index is 438. The summed E-state index contributed by atoms with van der Waals surface area (Å²) in [6.45, 7) is 5.47. The van der Waals surface area contributed by atoms with E-state index in [1.807, 2.05) is 6.92 Å². The number of rotatable bonds is 1. The van der Waals surface area contributed by atoms with Gasteiger partial charge in [-0.25, -0.2) is 9.50 Å². The minimum Gasteiger partial charge on any atom is -0.385 e. The van der Waals surface area contributed by atoms with Crippen LogP contribution in [0.25, 0.3) is 4.96 Å². The highest BCUT2D eigenvalue weighted by Gasteiger charge is 2.23. The lowest BCUT2D eigenvalue weighted by Gasteiger charge is -2.15. The molecule has 0 aromatic carbocycles. The van der Waals surface area contributed by atoms with Crippen LogP contribution in [-0.2, 0) is 5.60 Å². The van der Waals surface area contributed by atoms with Gasteiger partial charge >= 0.3 is 0 Å². The number of hydrogen-bond acceptors (Lipinski definition) is 4. The topological polar surface area (TPSA) is 50.4 Å². The Balaban J connectivity index is 2.71. The van der Waals surface area contributed by atoms with E-state index in [2.05, 4.69) is 10.1 Å². The van der Waals surface area contributed by atoms with Crippen molar-refractivity contribution < 1.29 is 5.11 Å². The van der Waals surface area contributed by atoms with Gasteiger partial charge in [-0.05, 0) is 20.8 Å². The molecule has 0 amide bonds. The van der Waals surface area contributed by atoms with Crippen LogP contribution in [0.3, 0.4) is 0 Å². The SMILES string of the molecule is Cc1c(C(C)(C)O)sc2ncnn12. The summed E-state index contributed by atoms with van der Waals surface area (Å²) in [6, 6.07) is 0. The first kappa shape index (κ1) is 8.65. The highest BCUT2D eigenvalue weighted by atomic mass is 32.1. The zero-order valence-corrected chi connectivity index (χ0v) is 8.59. The lowest BCUT2D eigenvalue weighted by atomic mass is 10.1. The molecule has 4 nitrogen and oxygen atoms in total. The number of aryl methyl sites for hydroxylation is 1. The third kappa shape index (κ3) is 1.24. The molecule has 70 valence electrons. The predicted molar refractivity (Wildman–Crippen MR) is 50.8 cm³/mol. The Hall–Kier alpha value is -0.940. The second kappa shape index (κ2) is 2.52. The van der Waals surface area contributed by atoms with E-state index in [1.54, 1.807) is 18.4 Å². The van der Waals surface area contributed by atoms with E-state index in [-0.39, 0.29) is 0 Å². The third-order valence-electron chi connectivity index (χ3n) is 1.91. The van der Waals surface area contributed by atoms with Crippen LogP contribution in [0.15, 0.2) is 6.33 Å². The Morgan fingerprint density at radius 3 is 2.77 bits per heavy atom. The first-order chi connectivity index (χ1) is 6.00. The van der Waals surface area contributed by atoms with E-state index in [0.29, 0.717) is 0 Å². The molecule has 1 N–H and O–H groups in total. The van der Waals surface area contributed by atoms with E-state index in [9.17, 15) is 5.11 Å². The predicted octanol–water partition coefficient (Wildman–Crippen LogP) is 1.33. The highest BCUT2D eigenvalue weighted by Crippen LogP contribution is 2.30. The number of aromatic nitrogens is 3. The van der Waals surface area contributed by atoms with Crippen LogP contribution in [-0.4, -0.2) is 19.7 Å². The molecule has 0 unspecified atom stereocenters. The molecular weight excluding hydrogens is 186 g/mol. The normalized spacial score (nSPS) is 12.6. The number of thiazole rings is 1. The molecule has 2 aromatic heterocycles. The summed E-state index contributed by atoms with van der Waals surface area (Å²) in [7, 11) is 0. The summed E-state index contributed by atoms with van der Waals surface area (Å²) in [5.74, 6) is 0. The average molecular weight is 197 g/mol. The quantitative estimate of drug-likeness (QED) is 0.750. The fraction of sp³-hybridized carbons (Fsp3) is 0.500. The number of nitrogens with zero attached hydrogens (tertiary/aromatic N) is 3. The Kier molecular flexibility index (Phi) is 1.68. The van der Waals surface area contributed by atoms with Gasteiger partial charge in [0.15, 0.2) is 0 Å². The molecule has 0 fully saturated rings. The van der Waals surface area contributed by atoms with E-state index >= 15 is 0 Å².